The van der Waals surface area contributed by atoms with Crippen LogP contribution in [0.3, 0.4) is 0 Å². The number of benzene rings is 2. The number of carbonyl (C=O) groups is 1. The molecule has 0 bridgehead atoms. The fourth-order valence-electron chi connectivity index (χ4n) is 2.24. The number of halogens is 2. The van der Waals surface area contributed by atoms with Crippen molar-refractivity contribution in [3.05, 3.63) is 74.7 Å². The minimum absolute atomic E-state index is 0.201. The Kier molecular flexibility index (Phi) is 5.19. The number of nitrogens with zero attached hydrogens (tertiary/aromatic N) is 1. The second kappa shape index (κ2) is 7.34. The molecule has 1 aromatic heterocycles. The number of aromatic nitrogens is 1. The van der Waals surface area contributed by atoms with Gasteiger partial charge in [0.2, 0.25) is 0 Å². The van der Waals surface area contributed by atoms with Gasteiger partial charge >= 0.3 is 0 Å². The van der Waals surface area contributed by atoms with Gasteiger partial charge < -0.3 is 5.32 Å². The van der Waals surface area contributed by atoms with Gasteiger partial charge in [-0.25, -0.2) is 4.98 Å². The molecule has 0 unspecified atom stereocenters. The molecule has 0 saturated carbocycles. The number of nitrogens with one attached hydrogen (secondary N) is 1. The van der Waals surface area contributed by atoms with Crippen LogP contribution < -0.4 is 5.32 Å². The third kappa shape index (κ3) is 3.61. The summed E-state index contributed by atoms with van der Waals surface area (Å²) in [5, 5.41) is 4.84. The van der Waals surface area contributed by atoms with E-state index in [0.29, 0.717) is 22.2 Å². The molecular weight excluding hydrogens is 363 g/mol. The Morgan fingerprint density at radius 2 is 1.75 bits per heavy atom. The van der Waals surface area contributed by atoms with Crippen molar-refractivity contribution in [3.63, 3.8) is 0 Å². The van der Waals surface area contributed by atoms with Crippen LogP contribution in [0, 0.1) is 6.92 Å². The Morgan fingerprint density at radius 1 is 1.08 bits per heavy atom. The smallest absolute Gasteiger partial charge is 0.253 e. The number of thiazole rings is 1. The molecule has 0 saturated heterocycles. The molecule has 122 valence electrons. The van der Waals surface area contributed by atoms with Gasteiger partial charge in [-0.15, -0.1) is 11.3 Å². The number of rotatable bonds is 4. The highest BCUT2D eigenvalue weighted by molar-refractivity contribution is 7.15. The summed E-state index contributed by atoms with van der Waals surface area (Å²) in [6.45, 7) is 2.33. The van der Waals surface area contributed by atoms with Crippen molar-refractivity contribution in [1.29, 1.82) is 0 Å². The van der Waals surface area contributed by atoms with E-state index in [1.807, 2.05) is 31.2 Å². The third-order valence-corrected chi connectivity index (χ3v) is 5.37. The topological polar surface area (TPSA) is 42.0 Å². The van der Waals surface area contributed by atoms with Crippen molar-refractivity contribution in [2.24, 2.45) is 0 Å². The van der Waals surface area contributed by atoms with Crippen LogP contribution in [-0.2, 0) is 6.54 Å². The van der Waals surface area contributed by atoms with E-state index in [1.54, 1.807) is 24.3 Å². The SMILES string of the molecule is Cc1nc(-c2ccccc2Cl)sc1CNC(=O)c1ccccc1Cl. The fourth-order valence-corrected chi connectivity index (χ4v) is 3.79. The second-order valence-corrected chi connectivity index (χ2v) is 7.07. The average molecular weight is 377 g/mol. The summed E-state index contributed by atoms with van der Waals surface area (Å²) >= 11 is 13.8. The molecule has 3 nitrogen and oxygen atoms in total. The van der Waals surface area contributed by atoms with E-state index in [1.165, 1.54) is 11.3 Å². The Bertz CT molecular complexity index is 892. The lowest BCUT2D eigenvalue weighted by molar-refractivity contribution is 0.0951. The number of hydrogen-bond donors (Lipinski definition) is 1. The monoisotopic (exact) mass is 376 g/mol. The normalized spacial score (nSPS) is 10.6. The highest BCUT2D eigenvalue weighted by Gasteiger charge is 2.14. The Morgan fingerprint density at radius 3 is 2.46 bits per heavy atom. The van der Waals surface area contributed by atoms with Crippen molar-refractivity contribution < 1.29 is 4.79 Å². The summed E-state index contributed by atoms with van der Waals surface area (Å²) in [6, 6.07) is 14.6. The van der Waals surface area contributed by atoms with Crippen LogP contribution >= 0.6 is 34.5 Å². The molecule has 1 amide bonds. The van der Waals surface area contributed by atoms with E-state index < -0.39 is 0 Å². The maximum absolute atomic E-state index is 12.2. The van der Waals surface area contributed by atoms with Gasteiger partial charge in [0, 0.05) is 10.4 Å². The minimum atomic E-state index is -0.201. The molecule has 0 aliphatic carbocycles. The Hall–Kier alpha value is -1.88. The summed E-state index contributed by atoms with van der Waals surface area (Å²) in [5.41, 5.74) is 2.25. The van der Waals surface area contributed by atoms with E-state index in [-0.39, 0.29) is 5.91 Å². The predicted molar refractivity (Wildman–Crippen MR) is 99.9 cm³/mol. The first kappa shape index (κ1) is 17.0. The molecule has 1 heterocycles. The first-order valence-corrected chi connectivity index (χ1v) is 8.87. The molecule has 0 fully saturated rings. The van der Waals surface area contributed by atoms with E-state index in [2.05, 4.69) is 10.3 Å². The molecule has 0 aliphatic heterocycles. The molecule has 3 aromatic rings. The van der Waals surface area contributed by atoms with Crippen LogP contribution in [0.1, 0.15) is 20.9 Å². The lowest BCUT2D eigenvalue weighted by Gasteiger charge is -2.05. The lowest BCUT2D eigenvalue weighted by Crippen LogP contribution is -2.22. The summed E-state index contributed by atoms with van der Waals surface area (Å²) < 4.78 is 0. The van der Waals surface area contributed by atoms with Crippen molar-refractivity contribution in [3.8, 4) is 10.6 Å². The molecule has 6 heteroatoms. The van der Waals surface area contributed by atoms with E-state index in [0.717, 1.165) is 21.1 Å². The minimum Gasteiger partial charge on any atom is -0.347 e. The van der Waals surface area contributed by atoms with Crippen molar-refractivity contribution >= 4 is 40.4 Å². The maximum atomic E-state index is 12.2. The molecule has 24 heavy (non-hydrogen) atoms. The maximum Gasteiger partial charge on any atom is 0.253 e. The quantitative estimate of drug-likeness (QED) is 0.666. The number of aryl methyl sites for hydroxylation is 1. The second-order valence-electron chi connectivity index (χ2n) is 5.17. The van der Waals surface area contributed by atoms with Crippen molar-refractivity contribution in [1.82, 2.24) is 10.3 Å². The Balaban J connectivity index is 1.76. The highest BCUT2D eigenvalue weighted by Crippen LogP contribution is 2.32. The molecule has 3 rings (SSSR count). The van der Waals surface area contributed by atoms with Crippen LogP contribution in [0.5, 0.6) is 0 Å². The van der Waals surface area contributed by atoms with Gasteiger partial charge in [0.05, 0.1) is 27.8 Å². The summed E-state index contributed by atoms with van der Waals surface area (Å²) in [7, 11) is 0. The van der Waals surface area contributed by atoms with E-state index in [9.17, 15) is 4.79 Å². The van der Waals surface area contributed by atoms with Gasteiger partial charge in [0.1, 0.15) is 5.01 Å². The van der Waals surface area contributed by atoms with Gasteiger partial charge in [0.25, 0.3) is 5.91 Å². The molecule has 0 atom stereocenters. The summed E-state index contributed by atoms with van der Waals surface area (Å²) in [6.07, 6.45) is 0. The molecule has 0 radical (unpaired) electrons. The van der Waals surface area contributed by atoms with Crippen LogP contribution in [0.4, 0.5) is 0 Å². The van der Waals surface area contributed by atoms with Gasteiger partial charge in [-0.05, 0) is 25.1 Å². The van der Waals surface area contributed by atoms with Crippen LogP contribution in [0.2, 0.25) is 10.0 Å². The molecule has 0 aliphatic rings. The number of carbonyl (C=O) groups excluding carboxylic acids is 1. The summed E-state index contributed by atoms with van der Waals surface area (Å²) in [4.78, 5) is 17.8. The third-order valence-electron chi connectivity index (χ3n) is 3.52. The predicted octanol–water partition coefficient (Wildman–Crippen LogP) is 5.36. The van der Waals surface area contributed by atoms with Gasteiger partial charge in [-0.3, -0.25) is 4.79 Å². The largest absolute Gasteiger partial charge is 0.347 e. The van der Waals surface area contributed by atoms with E-state index >= 15 is 0 Å². The van der Waals surface area contributed by atoms with E-state index in [4.69, 9.17) is 23.2 Å². The molecule has 0 spiro atoms. The van der Waals surface area contributed by atoms with Crippen LogP contribution in [0.15, 0.2) is 48.5 Å². The highest BCUT2D eigenvalue weighted by atomic mass is 35.5. The van der Waals surface area contributed by atoms with Crippen molar-refractivity contribution in [2.45, 2.75) is 13.5 Å². The standard InChI is InChI=1S/C18H14Cl2N2OS/c1-11-16(10-21-17(23)12-6-2-4-8-14(12)19)24-18(22-11)13-7-3-5-9-15(13)20/h2-9H,10H2,1H3,(H,21,23). The lowest BCUT2D eigenvalue weighted by atomic mass is 10.2. The number of amides is 1. The molecular formula is C18H14Cl2N2OS. The first-order chi connectivity index (χ1) is 11.6. The molecule has 2 aromatic carbocycles. The fraction of sp³-hybridized carbons (Fsp3) is 0.111. The zero-order valence-electron chi connectivity index (χ0n) is 12.8. The van der Waals surface area contributed by atoms with Crippen molar-refractivity contribution in [2.75, 3.05) is 0 Å². The van der Waals surface area contributed by atoms with Crippen LogP contribution in [-0.4, -0.2) is 10.9 Å². The molecule has 1 N–H and O–H groups in total. The zero-order valence-corrected chi connectivity index (χ0v) is 15.2. The van der Waals surface area contributed by atoms with Crippen LogP contribution in [0.25, 0.3) is 10.6 Å². The first-order valence-electron chi connectivity index (χ1n) is 7.30. The average Bonchev–Trinajstić information content (AvgIpc) is 2.94. The zero-order chi connectivity index (χ0) is 17.1. The summed E-state index contributed by atoms with van der Waals surface area (Å²) in [5.74, 6) is -0.201. The van der Waals surface area contributed by atoms with Gasteiger partial charge in [-0.2, -0.15) is 0 Å². The Labute approximate surface area is 154 Å². The van der Waals surface area contributed by atoms with Gasteiger partial charge in [0.15, 0.2) is 0 Å². The number of hydrogen-bond acceptors (Lipinski definition) is 3. The van der Waals surface area contributed by atoms with Gasteiger partial charge in [-0.1, -0.05) is 53.5 Å².